The number of hydrogen-bond donors (Lipinski definition) is 1. The molecule has 1 rings (SSSR count). The predicted molar refractivity (Wildman–Crippen MR) is 45.3 cm³/mol. The number of nitrogens with zero attached hydrogens (tertiary/aromatic N) is 1. The molecule has 1 heterocycles. The van der Waals surface area contributed by atoms with Crippen LogP contribution >= 0.6 is 0 Å². The van der Waals surface area contributed by atoms with Crippen LogP contribution in [0.2, 0.25) is 0 Å². The van der Waals surface area contributed by atoms with Crippen LogP contribution < -0.4 is 5.32 Å². The summed E-state index contributed by atoms with van der Waals surface area (Å²) in [5.74, 6) is 1.12. The monoisotopic (exact) mass is 162 g/mol. The molecule has 0 spiro atoms. The molecule has 0 aliphatic heterocycles. The highest BCUT2D eigenvalue weighted by Gasteiger charge is 1.98. The molecule has 1 aromatic heterocycles. The van der Waals surface area contributed by atoms with Gasteiger partial charge in [0.25, 0.3) is 0 Å². The van der Waals surface area contributed by atoms with E-state index in [4.69, 9.17) is 9.68 Å². The highest BCUT2D eigenvalue weighted by molar-refractivity contribution is 5.18. The molecule has 1 aromatic rings. The maximum atomic E-state index is 8.44. The highest BCUT2D eigenvalue weighted by atomic mass is 16.3. The van der Waals surface area contributed by atoms with Crippen molar-refractivity contribution in [3.63, 3.8) is 0 Å². The van der Waals surface area contributed by atoms with Crippen LogP contribution in [0.4, 0.5) is 0 Å². The third kappa shape index (κ3) is 2.26. The minimum Gasteiger partial charge on any atom is -0.449 e. The molecule has 0 unspecified atom stereocenters. The van der Waals surface area contributed by atoms with Crippen molar-refractivity contribution in [2.75, 3.05) is 6.54 Å². The average Bonchev–Trinajstić information content (AvgIpc) is 2.53. The Morgan fingerprint density at radius 2 is 2.50 bits per heavy atom. The molecular weight excluding hydrogens is 152 g/mol. The fourth-order valence-corrected chi connectivity index (χ4v) is 0.830. The van der Waals surface area contributed by atoms with E-state index in [1.165, 1.54) is 0 Å². The summed E-state index contributed by atoms with van der Waals surface area (Å²) in [4.78, 5) is 0. The summed E-state index contributed by atoms with van der Waals surface area (Å²) in [6.07, 6.45) is 1.77. The lowest BCUT2D eigenvalue weighted by Crippen LogP contribution is -2.11. The smallest absolute Gasteiger partial charge is 0.203 e. The highest BCUT2D eigenvalue weighted by Crippen LogP contribution is 2.05. The van der Waals surface area contributed by atoms with Crippen molar-refractivity contribution in [2.45, 2.75) is 6.54 Å². The summed E-state index contributed by atoms with van der Waals surface area (Å²) in [7, 11) is 0. The van der Waals surface area contributed by atoms with Crippen LogP contribution in [0.3, 0.4) is 0 Å². The summed E-state index contributed by atoms with van der Waals surface area (Å²) < 4.78 is 5.12. The van der Waals surface area contributed by atoms with Gasteiger partial charge in [0, 0.05) is 6.54 Å². The van der Waals surface area contributed by atoms with Gasteiger partial charge in [0.1, 0.15) is 11.8 Å². The van der Waals surface area contributed by atoms with Gasteiger partial charge in [0.2, 0.25) is 5.76 Å². The summed E-state index contributed by atoms with van der Waals surface area (Å²) in [5, 5.41) is 11.5. The van der Waals surface area contributed by atoms with E-state index in [1.807, 2.05) is 6.07 Å². The minimum absolute atomic E-state index is 0.352. The molecular formula is C9H10N2O. The second-order valence-electron chi connectivity index (χ2n) is 2.30. The van der Waals surface area contributed by atoms with Crippen LogP contribution in [0, 0.1) is 11.3 Å². The quantitative estimate of drug-likeness (QED) is 0.538. The van der Waals surface area contributed by atoms with Crippen molar-refractivity contribution in [3.05, 3.63) is 36.3 Å². The van der Waals surface area contributed by atoms with E-state index in [9.17, 15) is 0 Å². The van der Waals surface area contributed by atoms with Crippen LogP contribution in [-0.2, 0) is 6.54 Å². The molecule has 0 saturated heterocycles. The first-order valence-corrected chi connectivity index (χ1v) is 3.67. The fourth-order valence-electron chi connectivity index (χ4n) is 0.830. The molecule has 62 valence electrons. The van der Waals surface area contributed by atoms with Gasteiger partial charge in [-0.05, 0) is 12.1 Å². The Kier molecular flexibility index (Phi) is 3.12. The van der Waals surface area contributed by atoms with E-state index in [2.05, 4.69) is 11.9 Å². The zero-order chi connectivity index (χ0) is 8.81. The van der Waals surface area contributed by atoms with Gasteiger partial charge >= 0.3 is 0 Å². The molecule has 0 amide bonds. The van der Waals surface area contributed by atoms with Crippen LogP contribution in [0.5, 0.6) is 0 Å². The Balaban J connectivity index is 2.43. The number of nitriles is 1. The molecule has 0 radical (unpaired) electrons. The second-order valence-corrected chi connectivity index (χ2v) is 2.30. The van der Waals surface area contributed by atoms with Crippen molar-refractivity contribution < 1.29 is 4.42 Å². The van der Waals surface area contributed by atoms with Gasteiger partial charge in [0.05, 0.1) is 6.54 Å². The first-order valence-electron chi connectivity index (χ1n) is 3.67. The molecule has 0 aliphatic rings. The average molecular weight is 162 g/mol. The van der Waals surface area contributed by atoms with E-state index in [0.717, 1.165) is 12.3 Å². The van der Waals surface area contributed by atoms with E-state index in [1.54, 1.807) is 18.2 Å². The normalized spacial score (nSPS) is 9.25. The van der Waals surface area contributed by atoms with Crippen LogP contribution in [0.1, 0.15) is 11.5 Å². The van der Waals surface area contributed by atoms with Crippen molar-refractivity contribution in [2.24, 2.45) is 0 Å². The zero-order valence-corrected chi connectivity index (χ0v) is 6.71. The number of hydrogen-bond acceptors (Lipinski definition) is 3. The molecule has 0 aliphatic carbocycles. The predicted octanol–water partition coefficient (Wildman–Crippen LogP) is 1.43. The van der Waals surface area contributed by atoms with Gasteiger partial charge in [-0.15, -0.1) is 6.58 Å². The zero-order valence-electron chi connectivity index (χ0n) is 6.71. The third-order valence-electron chi connectivity index (χ3n) is 1.36. The Morgan fingerprint density at radius 3 is 3.08 bits per heavy atom. The maximum Gasteiger partial charge on any atom is 0.203 e. The number of furan rings is 1. The molecule has 0 atom stereocenters. The third-order valence-corrected chi connectivity index (χ3v) is 1.36. The van der Waals surface area contributed by atoms with Gasteiger partial charge in [0.15, 0.2) is 0 Å². The molecule has 0 fully saturated rings. The summed E-state index contributed by atoms with van der Waals surface area (Å²) in [5.41, 5.74) is 0. The SMILES string of the molecule is C=CCNCc1ccc(C#N)o1. The van der Waals surface area contributed by atoms with Gasteiger partial charge in [-0.2, -0.15) is 5.26 Å². The molecule has 0 aromatic carbocycles. The van der Waals surface area contributed by atoms with Crippen LogP contribution in [0.25, 0.3) is 0 Å². The number of rotatable bonds is 4. The molecule has 1 N–H and O–H groups in total. The fraction of sp³-hybridized carbons (Fsp3) is 0.222. The Morgan fingerprint density at radius 1 is 1.67 bits per heavy atom. The van der Waals surface area contributed by atoms with Gasteiger partial charge < -0.3 is 9.73 Å². The maximum absolute atomic E-state index is 8.44. The lowest BCUT2D eigenvalue weighted by Gasteiger charge is -1.95. The number of nitrogens with one attached hydrogen (secondary N) is 1. The van der Waals surface area contributed by atoms with Gasteiger partial charge in [-0.25, -0.2) is 0 Å². The van der Waals surface area contributed by atoms with Crippen molar-refractivity contribution >= 4 is 0 Å². The Hall–Kier alpha value is -1.53. The first kappa shape index (κ1) is 8.57. The largest absolute Gasteiger partial charge is 0.449 e. The Labute approximate surface area is 71.3 Å². The standard InChI is InChI=1S/C9H10N2O/c1-2-5-11-7-9-4-3-8(6-10)12-9/h2-4,11H,1,5,7H2. The molecule has 3 heteroatoms. The summed E-state index contributed by atoms with van der Waals surface area (Å²) in [6.45, 7) is 4.94. The lowest BCUT2D eigenvalue weighted by atomic mass is 10.4. The summed E-state index contributed by atoms with van der Waals surface area (Å²) >= 11 is 0. The molecule has 0 saturated carbocycles. The van der Waals surface area contributed by atoms with Gasteiger partial charge in [-0.1, -0.05) is 6.08 Å². The molecule has 3 nitrogen and oxygen atoms in total. The minimum atomic E-state index is 0.352. The first-order chi connectivity index (χ1) is 5.86. The topological polar surface area (TPSA) is 49.0 Å². The van der Waals surface area contributed by atoms with E-state index in [0.29, 0.717) is 12.3 Å². The van der Waals surface area contributed by atoms with Gasteiger partial charge in [-0.3, -0.25) is 0 Å². The van der Waals surface area contributed by atoms with Crippen LogP contribution in [0.15, 0.2) is 29.2 Å². The molecule has 12 heavy (non-hydrogen) atoms. The summed E-state index contributed by atoms with van der Waals surface area (Å²) in [6, 6.07) is 5.37. The van der Waals surface area contributed by atoms with Crippen molar-refractivity contribution in [1.82, 2.24) is 5.32 Å². The lowest BCUT2D eigenvalue weighted by molar-refractivity contribution is 0.481. The Bertz CT molecular complexity index is 296. The van der Waals surface area contributed by atoms with E-state index in [-0.39, 0.29) is 0 Å². The second kappa shape index (κ2) is 4.37. The molecule has 0 bridgehead atoms. The van der Waals surface area contributed by atoms with Crippen molar-refractivity contribution in [1.29, 1.82) is 5.26 Å². The van der Waals surface area contributed by atoms with E-state index < -0.39 is 0 Å². The van der Waals surface area contributed by atoms with Crippen LogP contribution in [-0.4, -0.2) is 6.54 Å². The van der Waals surface area contributed by atoms with Crippen molar-refractivity contribution in [3.8, 4) is 6.07 Å². The van der Waals surface area contributed by atoms with E-state index >= 15 is 0 Å².